The molecule has 0 aliphatic carbocycles. The van der Waals surface area contributed by atoms with Gasteiger partial charge in [-0.3, -0.25) is 4.98 Å². The van der Waals surface area contributed by atoms with Crippen molar-refractivity contribution in [1.29, 1.82) is 0 Å². The maximum atomic E-state index is 9.16. The van der Waals surface area contributed by atoms with Crippen LogP contribution in [0.2, 0.25) is 0 Å². The molecule has 3 heteroatoms. The third kappa shape index (κ3) is 2.01. The van der Waals surface area contributed by atoms with E-state index < -0.39 is 6.10 Å². The molecule has 0 aliphatic rings. The van der Waals surface area contributed by atoms with Crippen LogP contribution >= 0.6 is 15.9 Å². The van der Waals surface area contributed by atoms with Crippen molar-refractivity contribution in [3.05, 3.63) is 28.0 Å². The normalized spacial score (nSPS) is 13.1. The Balaban J connectivity index is 3.05. The second kappa shape index (κ2) is 3.32. The Morgan fingerprint density at radius 1 is 1.64 bits per heavy atom. The summed E-state index contributed by atoms with van der Waals surface area (Å²) in [4.78, 5) is 4.04. The van der Waals surface area contributed by atoms with Gasteiger partial charge in [-0.2, -0.15) is 0 Å². The molecule has 0 aromatic carbocycles. The largest absolute Gasteiger partial charge is 0.387 e. The first-order chi connectivity index (χ1) is 5.11. The quantitative estimate of drug-likeness (QED) is 0.780. The third-order valence-corrected chi connectivity index (χ3v) is 2.33. The van der Waals surface area contributed by atoms with Gasteiger partial charge in [0, 0.05) is 10.7 Å². The molecule has 11 heavy (non-hydrogen) atoms. The highest BCUT2D eigenvalue weighted by Gasteiger charge is 2.03. The lowest BCUT2D eigenvalue weighted by atomic mass is 10.2. The summed E-state index contributed by atoms with van der Waals surface area (Å²) >= 11 is 3.33. The fourth-order valence-electron chi connectivity index (χ4n) is 0.790. The first-order valence-electron chi connectivity index (χ1n) is 3.41. The summed E-state index contributed by atoms with van der Waals surface area (Å²) < 4.78 is 0.974. The standard InChI is InChI=1S/C8H10BrNO/c1-5-3-8(6(2)11)10-4-7(5)9/h3-4,6,11H,1-2H3/t6-/m0/s1. The molecule has 1 rings (SSSR count). The molecule has 0 saturated carbocycles. The van der Waals surface area contributed by atoms with Crippen LogP contribution in [0, 0.1) is 6.92 Å². The summed E-state index contributed by atoms with van der Waals surface area (Å²) in [6.45, 7) is 3.67. The minimum absolute atomic E-state index is 0.484. The number of aliphatic hydroxyl groups excluding tert-OH is 1. The van der Waals surface area contributed by atoms with Gasteiger partial charge in [-0.05, 0) is 41.4 Å². The predicted octanol–water partition coefficient (Wildman–Crippen LogP) is 2.21. The molecule has 60 valence electrons. The van der Waals surface area contributed by atoms with Crippen LogP contribution in [0.3, 0.4) is 0 Å². The molecule has 0 spiro atoms. The van der Waals surface area contributed by atoms with Gasteiger partial charge in [0.1, 0.15) is 0 Å². The topological polar surface area (TPSA) is 33.1 Å². The Bertz CT molecular complexity index is 260. The summed E-state index contributed by atoms with van der Waals surface area (Å²) in [5.74, 6) is 0. The number of halogens is 1. The van der Waals surface area contributed by atoms with Gasteiger partial charge in [0.05, 0.1) is 11.8 Å². The monoisotopic (exact) mass is 215 g/mol. The SMILES string of the molecule is Cc1cc([C@H](C)O)ncc1Br. The van der Waals surface area contributed by atoms with E-state index in [1.165, 1.54) is 0 Å². The molecule has 0 bridgehead atoms. The Kier molecular flexibility index (Phi) is 2.62. The van der Waals surface area contributed by atoms with Crippen LogP contribution in [-0.2, 0) is 0 Å². The van der Waals surface area contributed by atoms with Gasteiger partial charge in [-0.25, -0.2) is 0 Å². The van der Waals surface area contributed by atoms with Gasteiger partial charge in [0.25, 0.3) is 0 Å². The zero-order valence-electron chi connectivity index (χ0n) is 6.50. The molecule has 1 heterocycles. The molecule has 0 aliphatic heterocycles. The second-order valence-corrected chi connectivity index (χ2v) is 3.39. The number of aryl methyl sites for hydroxylation is 1. The Labute approximate surface area is 74.4 Å². The van der Waals surface area contributed by atoms with E-state index in [0.717, 1.165) is 10.0 Å². The van der Waals surface area contributed by atoms with Crippen molar-refractivity contribution in [2.24, 2.45) is 0 Å². The molecule has 0 saturated heterocycles. The number of hydrogen-bond donors (Lipinski definition) is 1. The lowest BCUT2D eigenvalue weighted by molar-refractivity contribution is 0.194. The summed E-state index contributed by atoms with van der Waals surface area (Å²) in [5, 5.41) is 9.16. The van der Waals surface area contributed by atoms with Crippen molar-refractivity contribution in [2.75, 3.05) is 0 Å². The fourth-order valence-corrected chi connectivity index (χ4v) is 1.01. The smallest absolute Gasteiger partial charge is 0.0931 e. The number of aromatic nitrogens is 1. The van der Waals surface area contributed by atoms with E-state index in [4.69, 9.17) is 5.11 Å². The van der Waals surface area contributed by atoms with E-state index in [2.05, 4.69) is 20.9 Å². The zero-order chi connectivity index (χ0) is 8.43. The molecule has 0 amide bonds. The first-order valence-corrected chi connectivity index (χ1v) is 4.20. The molecule has 0 unspecified atom stereocenters. The molecule has 0 fully saturated rings. The third-order valence-electron chi connectivity index (χ3n) is 1.50. The number of nitrogens with zero attached hydrogens (tertiary/aromatic N) is 1. The maximum absolute atomic E-state index is 9.16. The lowest BCUT2D eigenvalue weighted by Crippen LogP contribution is -1.95. The first kappa shape index (κ1) is 8.68. The van der Waals surface area contributed by atoms with Crippen LogP contribution < -0.4 is 0 Å². The molecule has 1 N–H and O–H groups in total. The van der Waals surface area contributed by atoms with E-state index in [1.807, 2.05) is 13.0 Å². The van der Waals surface area contributed by atoms with Gasteiger partial charge >= 0.3 is 0 Å². The van der Waals surface area contributed by atoms with Gasteiger partial charge in [-0.15, -0.1) is 0 Å². The Morgan fingerprint density at radius 2 is 2.27 bits per heavy atom. The summed E-state index contributed by atoms with van der Waals surface area (Å²) in [6, 6.07) is 1.87. The number of aliphatic hydroxyl groups is 1. The predicted molar refractivity (Wildman–Crippen MR) is 47.3 cm³/mol. The molecule has 2 nitrogen and oxygen atoms in total. The number of hydrogen-bond acceptors (Lipinski definition) is 2. The summed E-state index contributed by atoms with van der Waals surface area (Å²) in [7, 11) is 0. The highest BCUT2D eigenvalue weighted by molar-refractivity contribution is 9.10. The van der Waals surface area contributed by atoms with Crippen LogP contribution in [-0.4, -0.2) is 10.1 Å². The second-order valence-electron chi connectivity index (χ2n) is 2.53. The number of pyridine rings is 1. The van der Waals surface area contributed by atoms with Crippen molar-refractivity contribution < 1.29 is 5.11 Å². The van der Waals surface area contributed by atoms with Crippen LogP contribution in [0.25, 0.3) is 0 Å². The fraction of sp³-hybridized carbons (Fsp3) is 0.375. The summed E-state index contributed by atoms with van der Waals surface area (Å²) in [6.07, 6.45) is 1.22. The molecule has 0 radical (unpaired) electrons. The number of rotatable bonds is 1. The van der Waals surface area contributed by atoms with E-state index in [-0.39, 0.29) is 0 Å². The maximum Gasteiger partial charge on any atom is 0.0931 e. The van der Waals surface area contributed by atoms with Crippen LogP contribution in [0.1, 0.15) is 24.3 Å². The van der Waals surface area contributed by atoms with E-state index in [0.29, 0.717) is 5.69 Å². The van der Waals surface area contributed by atoms with E-state index in [1.54, 1.807) is 13.1 Å². The van der Waals surface area contributed by atoms with Crippen LogP contribution in [0.4, 0.5) is 0 Å². The van der Waals surface area contributed by atoms with Crippen molar-refractivity contribution >= 4 is 15.9 Å². The average molecular weight is 216 g/mol. The molecular formula is C8H10BrNO. The average Bonchev–Trinajstić information content (AvgIpc) is 1.94. The zero-order valence-corrected chi connectivity index (χ0v) is 8.09. The van der Waals surface area contributed by atoms with Gasteiger partial charge in [-0.1, -0.05) is 0 Å². The highest BCUT2D eigenvalue weighted by atomic mass is 79.9. The van der Waals surface area contributed by atoms with Crippen LogP contribution in [0.5, 0.6) is 0 Å². The molecule has 1 aromatic heterocycles. The van der Waals surface area contributed by atoms with E-state index >= 15 is 0 Å². The summed E-state index contributed by atoms with van der Waals surface area (Å²) in [5.41, 5.74) is 1.81. The molecule has 1 aromatic rings. The minimum atomic E-state index is -0.484. The van der Waals surface area contributed by atoms with Crippen LogP contribution in [0.15, 0.2) is 16.7 Å². The molecule has 1 atom stereocenters. The van der Waals surface area contributed by atoms with E-state index in [9.17, 15) is 0 Å². The Morgan fingerprint density at radius 3 is 2.73 bits per heavy atom. The van der Waals surface area contributed by atoms with Crippen molar-refractivity contribution in [3.63, 3.8) is 0 Å². The van der Waals surface area contributed by atoms with Gasteiger partial charge < -0.3 is 5.11 Å². The van der Waals surface area contributed by atoms with Gasteiger partial charge in [0.15, 0.2) is 0 Å². The Hall–Kier alpha value is -0.410. The van der Waals surface area contributed by atoms with Crippen molar-refractivity contribution in [1.82, 2.24) is 4.98 Å². The van der Waals surface area contributed by atoms with Gasteiger partial charge in [0.2, 0.25) is 0 Å². The van der Waals surface area contributed by atoms with Crippen molar-refractivity contribution in [2.45, 2.75) is 20.0 Å². The lowest BCUT2D eigenvalue weighted by Gasteiger charge is -2.04. The highest BCUT2D eigenvalue weighted by Crippen LogP contribution is 2.17. The van der Waals surface area contributed by atoms with Crippen molar-refractivity contribution in [3.8, 4) is 0 Å². The molecular weight excluding hydrogens is 206 g/mol. The minimum Gasteiger partial charge on any atom is -0.387 e.